The molecule has 28 heavy (non-hydrogen) atoms. The smallest absolute Gasteiger partial charge is 0.256 e. The third-order valence-corrected chi connectivity index (χ3v) is 5.55. The summed E-state index contributed by atoms with van der Waals surface area (Å²) in [6.07, 6.45) is 1.49. The molecule has 3 aromatic rings. The minimum atomic E-state index is -3.62. The SMILES string of the molecule is Cc1cc(NC(=O)c2ccc(S(=O)(=O)NCCCc3ccccc3)cc2)no1. The summed E-state index contributed by atoms with van der Waals surface area (Å²) in [7, 11) is -3.62. The second kappa shape index (κ2) is 8.81. The summed E-state index contributed by atoms with van der Waals surface area (Å²) < 4.78 is 32.2. The number of amides is 1. The van der Waals surface area contributed by atoms with Crippen LogP contribution >= 0.6 is 0 Å². The van der Waals surface area contributed by atoms with Gasteiger partial charge in [-0.15, -0.1) is 0 Å². The van der Waals surface area contributed by atoms with E-state index in [0.717, 1.165) is 6.42 Å². The van der Waals surface area contributed by atoms with Crippen LogP contribution in [-0.4, -0.2) is 26.0 Å². The van der Waals surface area contributed by atoms with Crippen LogP contribution in [0.4, 0.5) is 5.82 Å². The Bertz CT molecular complexity index is 1030. The zero-order valence-corrected chi connectivity index (χ0v) is 16.2. The topological polar surface area (TPSA) is 101 Å². The number of hydrogen-bond donors (Lipinski definition) is 2. The third-order valence-electron chi connectivity index (χ3n) is 4.07. The van der Waals surface area contributed by atoms with Crippen LogP contribution < -0.4 is 10.0 Å². The summed E-state index contributed by atoms with van der Waals surface area (Å²) in [5, 5.41) is 6.27. The van der Waals surface area contributed by atoms with Crippen molar-refractivity contribution in [1.82, 2.24) is 9.88 Å². The second-order valence-electron chi connectivity index (χ2n) is 6.29. The number of sulfonamides is 1. The molecule has 0 saturated carbocycles. The highest BCUT2D eigenvalue weighted by Crippen LogP contribution is 2.13. The van der Waals surface area contributed by atoms with E-state index in [-0.39, 0.29) is 4.90 Å². The predicted octanol–water partition coefficient (Wildman–Crippen LogP) is 3.15. The molecule has 0 atom stereocenters. The van der Waals surface area contributed by atoms with Gasteiger partial charge < -0.3 is 9.84 Å². The van der Waals surface area contributed by atoms with Crippen molar-refractivity contribution in [3.8, 4) is 0 Å². The molecule has 146 valence electrons. The monoisotopic (exact) mass is 399 g/mol. The number of aryl methyl sites for hydroxylation is 2. The molecule has 0 radical (unpaired) electrons. The van der Waals surface area contributed by atoms with Crippen LogP contribution in [0, 0.1) is 6.92 Å². The molecule has 8 heteroatoms. The van der Waals surface area contributed by atoms with E-state index >= 15 is 0 Å². The normalized spacial score (nSPS) is 11.3. The van der Waals surface area contributed by atoms with Gasteiger partial charge in [0.15, 0.2) is 5.82 Å². The van der Waals surface area contributed by atoms with E-state index in [9.17, 15) is 13.2 Å². The Morgan fingerprint density at radius 1 is 1.07 bits per heavy atom. The summed E-state index contributed by atoms with van der Waals surface area (Å²) in [5.74, 6) is 0.488. The quantitative estimate of drug-likeness (QED) is 0.567. The van der Waals surface area contributed by atoms with Gasteiger partial charge in [0.05, 0.1) is 4.90 Å². The number of nitrogens with one attached hydrogen (secondary N) is 2. The van der Waals surface area contributed by atoms with Crippen LogP contribution in [0.25, 0.3) is 0 Å². The maximum atomic E-state index is 12.4. The Morgan fingerprint density at radius 2 is 1.79 bits per heavy atom. The molecule has 0 bridgehead atoms. The maximum Gasteiger partial charge on any atom is 0.256 e. The van der Waals surface area contributed by atoms with Crippen LogP contribution in [0.5, 0.6) is 0 Å². The number of nitrogens with zero attached hydrogens (tertiary/aromatic N) is 1. The molecule has 1 heterocycles. The Balaban J connectivity index is 1.54. The Hall–Kier alpha value is -2.97. The molecule has 0 aliphatic heterocycles. The summed E-state index contributed by atoms with van der Waals surface area (Å²) in [6.45, 7) is 2.06. The molecule has 7 nitrogen and oxygen atoms in total. The molecule has 0 spiro atoms. The first-order chi connectivity index (χ1) is 13.4. The molecule has 2 aromatic carbocycles. The first-order valence-electron chi connectivity index (χ1n) is 8.82. The van der Waals surface area contributed by atoms with Gasteiger partial charge in [0.25, 0.3) is 5.91 Å². The molecule has 1 aromatic heterocycles. The largest absolute Gasteiger partial charge is 0.360 e. The number of anilines is 1. The van der Waals surface area contributed by atoms with Gasteiger partial charge in [-0.3, -0.25) is 4.79 Å². The number of hydrogen-bond acceptors (Lipinski definition) is 5. The molecular formula is C20H21N3O4S. The molecular weight excluding hydrogens is 378 g/mol. The molecule has 0 aliphatic rings. The van der Waals surface area contributed by atoms with Gasteiger partial charge in [-0.05, 0) is 49.6 Å². The van der Waals surface area contributed by atoms with Crippen LogP contribution in [-0.2, 0) is 16.4 Å². The van der Waals surface area contributed by atoms with Gasteiger partial charge in [-0.25, -0.2) is 13.1 Å². The van der Waals surface area contributed by atoms with E-state index in [1.807, 2.05) is 30.3 Å². The molecule has 1 amide bonds. The van der Waals surface area contributed by atoms with Crippen molar-refractivity contribution in [1.29, 1.82) is 0 Å². The minimum absolute atomic E-state index is 0.112. The zero-order valence-electron chi connectivity index (χ0n) is 15.4. The summed E-state index contributed by atoms with van der Waals surface area (Å²) in [4.78, 5) is 12.3. The van der Waals surface area contributed by atoms with Gasteiger partial charge in [0.1, 0.15) is 5.76 Å². The minimum Gasteiger partial charge on any atom is -0.360 e. The number of carbonyl (C=O) groups excluding carboxylic acids is 1. The average Bonchev–Trinajstić information content (AvgIpc) is 3.11. The van der Waals surface area contributed by atoms with Crippen LogP contribution in [0.2, 0.25) is 0 Å². The van der Waals surface area contributed by atoms with E-state index in [1.165, 1.54) is 29.8 Å². The van der Waals surface area contributed by atoms with Crippen molar-refractivity contribution < 1.29 is 17.7 Å². The van der Waals surface area contributed by atoms with Gasteiger partial charge in [-0.2, -0.15) is 0 Å². The van der Waals surface area contributed by atoms with Crippen molar-refractivity contribution >= 4 is 21.7 Å². The first kappa shape index (κ1) is 19.8. The molecule has 3 rings (SSSR count). The molecule has 0 unspecified atom stereocenters. The lowest BCUT2D eigenvalue weighted by Gasteiger charge is -2.08. The van der Waals surface area contributed by atoms with E-state index in [2.05, 4.69) is 15.2 Å². The van der Waals surface area contributed by atoms with Crippen molar-refractivity contribution in [2.75, 3.05) is 11.9 Å². The molecule has 0 fully saturated rings. The van der Waals surface area contributed by atoms with Crippen LogP contribution in [0.15, 0.2) is 70.1 Å². The fourth-order valence-electron chi connectivity index (χ4n) is 2.63. The van der Waals surface area contributed by atoms with Gasteiger partial charge in [-0.1, -0.05) is 35.5 Å². The van der Waals surface area contributed by atoms with Gasteiger partial charge in [0, 0.05) is 18.2 Å². The van der Waals surface area contributed by atoms with Crippen molar-refractivity contribution in [3.63, 3.8) is 0 Å². The Labute approximate surface area is 163 Å². The highest BCUT2D eigenvalue weighted by Gasteiger charge is 2.15. The highest BCUT2D eigenvalue weighted by atomic mass is 32.2. The van der Waals surface area contributed by atoms with Crippen molar-refractivity contribution in [3.05, 3.63) is 77.6 Å². The lowest BCUT2D eigenvalue weighted by Crippen LogP contribution is -2.25. The lowest BCUT2D eigenvalue weighted by atomic mass is 10.1. The first-order valence-corrected chi connectivity index (χ1v) is 10.3. The number of rotatable bonds is 8. The fraction of sp³-hybridized carbons (Fsp3) is 0.200. The maximum absolute atomic E-state index is 12.4. The summed E-state index contributed by atoms with van der Waals surface area (Å²) in [5.41, 5.74) is 1.49. The van der Waals surface area contributed by atoms with Gasteiger partial charge in [0.2, 0.25) is 10.0 Å². The third kappa shape index (κ3) is 5.28. The highest BCUT2D eigenvalue weighted by molar-refractivity contribution is 7.89. The van der Waals surface area contributed by atoms with E-state index in [0.29, 0.717) is 30.1 Å². The molecule has 0 saturated heterocycles. The molecule has 2 N–H and O–H groups in total. The average molecular weight is 399 g/mol. The summed E-state index contributed by atoms with van der Waals surface area (Å²) >= 11 is 0. The second-order valence-corrected chi connectivity index (χ2v) is 8.06. The van der Waals surface area contributed by atoms with Crippen LogP contribution in [0.1, 0.15) is 28.1 Å². The standard InChI is InChI=1S/C20H21N3O4S/c1-15-14-19(23-27-15)22-20(24)17-9-11-18(12-10-17)28(25,26)21-13-5-8-16-6-3-2-4-7-16/h2-4,6-7,9-12,14,21H,5,8,13H2,1H3,(H,22,23,24). The zero-order chi connectivity index (χ0) is 20.0. The number of aromatic nitrogens is 1. The van der Waals surface area contributed by atoms with E-state index in [1.54, 1.807) is 13.0 Å². The molecule has 0 aliphatic carbocycles. The van der Waals surface area contributed by atoms with E-state index in [4.69, 9.17) is 4.52 Å². The summed E-state index contributed by atoms with van der Waals surface area (Å²) in [6, 6.07) is 17.2. The fourth-order valence-corrected chi connectivity index (χ4v) is 3.70. The van der Waals surface area contributed by atoms with Crippen LogP contribution in [0.3, 0.4) is 0 Å². The Kier molecular flexibility index (Phi) is 6.23. The number of carbonyl (C=O) groups is 1. The van der Waals surface area contributed by atoms with Gasteiger partial charge >= 0.3 is 0 Å². The van der Waals surface area contributed by atoms with Crippen molar-refractivity contribution in [2.24, 2.45) is 0 Å². The van der Waals surface area contributed by atoms with E-state index < -0.39 is 15.9 Å². The van der Waals surface area contributed by atoms with Crippen molar-refractivity contribution in [2.45, 2.75) is 24.7 Å². The predicted molar refractivity (Wildman–Crippen MR) is 106 cm³/mol. The Morgan fingerprint density at radius 3 is 2.43 bits per heavy atom. The number of benzene rings is 2. The lowest BCUT2D eigenvalue weighted by molar-refractivity contribution is 0.102.